The molecular formula is C10H10Cl2F2. The van der Waals surface area contributed by atoms with Crippen LogP contribution in [0.2, 0.25) is 5.02 Å². The maximum Gasteiger partial charge on any atom is 0.265 e. The largest absolute Gasteiger partial charge is 0.265 e. The number of halogens is 4. The molecule has 0 aromatic heterocycles. The Morgan fingerprint density at radius 3 is 2.50 bits per heavy atom. The molecule has 0 radical (unpaired) electrons. The average Bonchev–Trinajstić information content (AvgIpc) is 2.14. The zero-order valence-electron chi connectivity index (χ0n) is 7.44. The van der Waals surface area contributed by atoms with Crippen molar-refractivity contribution in [3.8, 4) is 0 Å². The summed E-state index contributed by atoms with van der Waals surface area (Å²) in [5.74, 6) is 0.564. The van der Waals surface area contributed by atoms with Crippen LogP contribution in [-0.2, 0) is 6.42 Å². The number of hydrogen-bond donors (Lipinski definition) is 0. The Morgan fingerprint density at radius 1 is 1.29 bits per heavy atom. The van der Waals surface area contributed by atoms with E-state index in [1.807, 2.05) is 0 Å². The highest BCUT2D eigenvalue weighted by molar-refractivity contribution is 6.31. The van der Waals surface area contributed by atoms with E-state index in [2.05, 4.69) is 0 Å². The van der Waals surface area contributed by atoms with E-state index in [0.29, 0.717) is 5.88 Å². The van der Waals surface area contributed by atoms with Crippen LogP contribution in [0.5, 0.6) is 0 Å². The number of alkyl halides is 3. The van der Waals surface area contributed by atoms with Crippen molar-refractivity contribution >= 4 is 23.2 Å². The lowest BCUT2D eigenvalue weighted by atomic mass is 10.1. The molecular weight excluding hydrogens is 229 g/mol. The van der Waals surface area contributed by atoms with Gasteiger partial charge in [-0.05, 0) is 24.5 Å². The number of benzene rings is 1. The highest BCUT2D eigenvalue weighted by atomic mass is 35.5. The molecule has 0 unspecified atom stereocenters. The van der Waals surface area contributed by atoms with Crippen LogP contribution in [0.1, 0.15) is 24.0 Å². The van der Waals surface area contributed by atoms with E-state index in [4.69, 9.17) is 23.2 Å². The standard InChI is InChI=1S/C10H10Cl2F2/c11-5-1-2-7-3-4-8(10(13)14)9(12)6-7/h3-4,6,10H,1-2,5H2. The van der Waals surface area contributed by atoms with Crippen molar-refractivity contribution < 1.29 is 8.78 Å². The lowest BCUT2D eigenvalue weighted by molar-refractivity contribution is 0.151. The number of hydrogen-bond acceptors (Lipinski definition) is 0. The van der Waals surface area contributed by atoms with Gasteiger partial charge in [0.1, 0.15) is 0 Å². The summed E-state index contributed by atoms with van der Waals surface area (Å²) in [6.07, 6.45) is -0.914. The molecule has 0 N–H and O–H groups in total. The van der Waals surface area contributed by atoms with Gasteiger partial charge in [0.25, 0.3) is 6.43 Å². The zero-order chi connectivity index (χ0) is 10.6. The van der Waals surface area contributed by atoms with Crippen molar-refractivity contribution in [3.05, 3.63) is 34.3 Å². The molecule has 0 aliphatic heterocycles. The van der Waals surface area contributed by atoms with E-state index in [9.17, 15) is 8.78 Å². The molecule has 0 aliphatic rings. The smallest absolute Gasteiger partial charge is 0.205 e. The number of rotatable bonds is 4. The summed E-state index contributed by atoms with van der Waals surface area (Å²) >= 11 is 11.2. The fourth-order valence-electron chi connectivity index (χ4n) is 1.17. The summed E-state index contributed by atoms with van der Waals surface area (Å²) in [7, 11) is 0. The first-order valence-corrected chi connectivity index (χ1v) is 5.19. The minimum Gasteiger partial charge on any atom is -0.205 e. The minimum atomic E-state index is -2.51. The first-order chi connectivity index (χ1) is 6.65. The van der Waals surface area contributed by atoms with Gasteiger partial charge in [-0.3, -0.25) is 0 Å². The van der Waals surface area contributed by atoms with Crippen LogP contribution in [-0.4, -0.2) is 5.88 Å². The second-order valence-corrected chi connectivity index (χ2v) is 3.73. The Hall–Kier alpha value is -0.340. The molecule has 0 nitrogen and oxygen atoms in total. The molecule has 0 aliphatic carbocycles. The second kappa shape index (κ2) is 5.52. The Bertz CT molecular complexity index is 300. The molecule has 0 atom stereocenters. The molecule has 0 amide bonds. The van der Waals surface area contributed by atoms with Gasteiger partial charge in [-0.2, -0.15) is 0 Å². The molecule has 0 bridgehead atoms. The van der Waals surface area contributed by atoms with Crippen molar-refractivity contribution in [3.63, 3.8) is 0 Å². The van der Waals surface area contributed by atoms with Crippen molar-refractivity contribution in [2.45, 2.75) is 19.3 Å². The molecule has 4 heteroatoms. The summed E-state index contributed by atoms with van der Waals surface area (Å²) in [6.45, 7) is 0. The van der Waals surface area contributed by atoms with Crippen LogP contribution in [0.3, 0.4) is 0 Å². The van der Waals surface area contributed by atoms with Gasteiger partial charge in [0.2, 0.25) is 0 Å². The predicted molar refractivity (Wildman–Crippen MR) is 55.5 cm³/mol. The Morgan fingerprint density at radius 2 is 2.00 bits per heavy atom. The first-order valence-electron chi connectivity index (χ1n) is 4.27. The molecule has 0 fully saturated rings. The van der Waals surface area contributed by atoms with Crippen molar-refractivity contribution in [2.75, 3.05) is 5.88 Å². The Balaban J connectivity index is 2.78. The van der Waals surface area contributed by atoms with E-state index in [0.717, 1.165) is 18.4 Å². The van der Waals surface area contributed by atoms with E-state index >= 15 is 0 Å². The SMILES string of the molecule is FC(F)c1ccc(CCCCl)cc1Cl. The summed E-state index contributed by atoms with van der Waals surface area (Å²) in [6, 6.07) is 4.62. The lowest BCUT2D eigenvalue weighted by Crippen LogP contribution is -1.90. The van der Waals surface area contributed by atoms with Crippen LogP contribution in [0.4, 0.5) is 8.78 Å². The highest BCUT2D eigenvalue weighted by Gasteiger charge is 2.11. The molecule has 1 rings (SSSR count). The van der Waals surface area contributed by atoms with Gasteiger partial charge in [-0.15, -0.1) is 11.6 Å². The van der Waals surface area contributed by atoms with Crippen LogP contribution in [0.15, 0.2) is 18.2 Å². The molecule has 0 heterocycles. The zero-order valence-corrected chi connectivity index (χ0v) is 8.95. The monoisotopic (exact) mass is 238 g/mol. The second-order valence-electron chi connectivity index (χ2n) is 2.95. The van der Waals surface area contributed by atoms with Gasteiger partial charge in [0, 0.05) is 16.5 Å². The normalized spacial score (nSPS) is 10.9. The summed E-state index contributed by atoms with van der Waals surface area (Å²) in [5.41, 5.74) is 0.835. The van der Waals surface area contributed by atoms with Gasteiger partial charge in [-0.1, -0.05) is 23.7 Å². The summed E-state index contributed by atoms with van der Waals surface area (Å²) in [4.78, 5) is 0. The van der Waals surface area contributed by atoms with Crippen LogP contribution in [0.25, 0.3) is 0 Å². The van der Waals surface area contributed by atoms with Crippen molar-refractivity contribution in [2.24, 2.45) is 0 Å². The number of aryl methyl sites for hydroxylation is 1. The van der Waals surface area contributed by atoms with E-state index in [1.165, 1.54) is 6.07 Å². The van der Waals surface area contributed by atoms with Gasteiger partial charge < -0.3 is 0 Å². The van der Waals surface area contributed by atoms with Crippen LogP contribution >= 0.6 is 23.2 Å². The third-order valence-corrected chi connectivity index (χ3v) is 2.49. The van der Waals surface area contributed by atoms with Gasteiger partial charge in [0.05, 0.1) is 0 Å². The molecule has 1 aromatic carbocycles. The Labute approximate surface area is 91.8 Å². The predicted octanol–water partition coefficient (Wildman–Crippen LogP) is 4.45. The topological polar surface area (TPSA) is 0 Å². The molecule has 14 heavy (non-hydrogen) atoms. The van der Waals surface area contributed by atoms with E-state index in [-0.39, 0.29) is 10.6 Å². The summed E-state index contributed by atoms with van der Waals surface area (Å²) < 4.78 is 24.6. The molecule has 0 spiro atoms. The molecule has 0 saturated carbocycles. The van der Waals surface area contributed by atoms with Crippen LogP contribution < -0.4 is 0 Å². The fourth-order valence-corrected chi connectivity index (χ4v) is 1.59. The van der Waals surface area contributed by atoms with Crippen molar-refractivity contribution in [1.82, 2.24) is 0 Å². The van der Waals surface area contributed by atoms with Gasteiger partial charge >= 0.3 is 0 Å². The third-order valence-electron chi connectivity index (χ3n) is 1.90. The highest BCUT2D eigenvalue weighted by Crippen LogP contribution is 2.27. The molecule has 78 valence electrons. The average molecular weight is 239 g/mol. The summed E-state index contributed by atoms with van der Waals surface area (Å²) in [5, 5.41) is 0.132. The molecule has 0 saturated heterocycles. The molecule has 1 aromatic rings. The maximum absolute atomic E-state index is 12.3. The van der Waals surface area contributed by atoms with E-state index in [1.54, 1.807) is 12.1 Å². The van der Waals surface area contributed by atoms with E-state index < -0.39 is 6.43 Å². The maximum atomic E-state index is 12.3. The quantitative estimate of drug-likeness (QED) is 0.681. The third kappa shape index (κ3) is 3.10. The Kier molecular flexibility index (Phi) is 4.63. The van der Waals surface area contributed by atoms with Gasteiger partial charge in [0.15, 0.2) is 0 Å². The fraction of sp³-hybridized carbons (Fsp3) is 0.400. The van der Waals surface area contributed by atoms with Crippen molar-refractivity contribution in [1.29, 1.82) is 0 Å². The first kappa shape index (κ1) is 11.7. The lowest BCUT2D eigenvalue weighted by Gasteiger charge is -2.05. The van der Waals surface area contributed by atoms with Crippen LogP contribution in [0, 0.1) is 0 Å². The van der Waals surface area contributed by atoms with Gasteiger partial charge in [-0.25, -0.2) is 8.78 Å². The minimum absolute atomic E-state index is 0.110.